The third-order valence-electron chi connectivity index (χ3n) is 2.99. The van der Waals surface area contributed by atoms with Crippen LogP contribution >= 0.6 is 11.3 Å². The van der Waals surface area contributed by atoms with Crippen LogP contribution in [0.2, 0.25) is 0 Å². The zero-order chi connectivity index (χ0) is 16.3. The summed E-state index contributed by atoms with van der Waals surface area (Å²) in [5.41, 5.74) is 0.725. The molecule has 2 aromatic rings. The molecule has 0 aliphatic rings. The Morgan fingerprint density at radius 1 is 1.23 bits per heavy atom. The van der Waals surface area contributed by atoms with E-state index in [9.17, 15) is 18.0 Å². The fourth-order valence-corrected chi connectivity index (χ4v) is 3.07. The molecular weight excluding hydrogens is 324 g/mol. The Morgan fingerprint density at radius 2 is 1.95 bits per heavy atom. The second-order valence-corrected chi connectivity index (χ2v) is 7.69. The number of Topliss-reactive ketones (excluding diaryl/α,β-unsaturated/α-hetero) is 1. The smallest absolute Gasteiger partial charge is 0.338 e. The van der Waals surface area contributed by atoms with Crippen molar-refractivity contribution in [3.8, 4) is 0 Å². The fraction of sp³-hybridized carbons (Fsp3) is 0.200. The number of aryl methyl sites for hydroxylation is 1. The maximum Gasteiger partial charge on any atom is 0.338 e. The third-order valence-corrected chi connectivity index (χ3v) is 5.01. The first kappa shape index (κ1) is 16.4. The van der Waals surface area contributed by atoms with E-state index >= 15 is 0 Å². The summed E-state index contributed by atoms with van der Waals surface area (Å²) in [6.07, 6.45) is 1.06. The predicted octanol–water partition coefficient (Wildman–Crippen LogP) is 2.50. The molecule has 1 aromatic heterocycles. The van der Waals surface area contributed by atoms with Crippen molar-refractivity contribution in [1.29, 1.82) is 0 Å². The van der Waals surface area contributed by atoms with Crippen molar-refractivity contribution in [2.24, 2.45) is 0 Å². The molecule has 0 aliphatic heterocycles. The van der Waals surface area contributed by atoms with E-state index in [0.29, 0.717) is 10.4 Å². The molecule has 1 aromatic carbocycles. The zero-order valence-corrected chi connectivity index (χ0v) is 13.7. The molecule has 0 N–H and O–H groups in total. The molecule has 1 heterocycles. The Bertz CT molecular complexity index is 804. The van der Waals surface area contributed by atoms with Crippen LogP contribution < -0.4 is 0 Å². The first-order chi connectivity index (χ1) is 10.3. The van der Waals surface area contributed by atoms with Crippen LogP contribution in [0.15, 0.2) is 40.6 Å². The van der Waals surface area contributed by atoms with Gasteiger partial charge in [0.25, 0.3) is 0 Å². The quantitative estimate of drug-likeness (QED) is 0.618. The first-order valence-corrected chi connectivity index (χ1v) is 9.10. The summed E-state index contributed by atoms with van der Waals surface area (Å²) in [5, 5.41) is 1.76. The number of ether oxygens (including phenoxy) is 1. The van der Waals surface area contributed by atoms with E-state index in [-0.39, 0.29) is 22.8 Å². The van der Waals surface area contributed by atoms with Crippen molar-refractivity contribution < 1.29 is 22.7 Å². The highest BCUT2D eigenvalue weighted by Crippen LogP contribution is 2.17. The molecule has 7 heteroatoms. The molecule has 0 unspecified atom stereocenters. The van der Waals surface area contributed by atoms with Gasteiger partial charge in [0.15, 0.2) is 16.4 Å². The molecule has 0 atom stereocenters. The van der Waals surface area contributed by atoms with E-state index in [0.717, 1.165) is 6.26 Å². The Morgan fingerprint density at radius 3 is 2.55 bits per heavy atom. The Labute approximate surface area is 132 Å². The van der Waals surface area contributed by atoms with Gasteiger partial charge in [0.2, 0.25) is 5.78 Å². The van der Waals surface area contributed by atoms with Crippen molar-refractivity contribution in [2.75, 3.05) is 12.9 Å². The average Bonchev–Trinajstić information content (AvgIpc) is 2.97. The number of hydrogen-bond acceptors (Lipinski definition) is 6. The lowest BCUT2D eigenvalue weighted by molar-refractivity contribution is 0.0475. The van der Waals surface area contributed by atoms with E-state index in [1.54, 1.807) is 24.4 Å². The average molecular weight is 338 g/mol. The Kier molecular flexibility index (Phi) is 4.77. The van der Waals surface area contributed by atoms with Gasteiger partial charge in [-0.05, 0) is 36.1 Å². The lowest BCUT2D eigenvalue weighted by atomic mass is 10.1. The molecule has 116 valence electrons. The molecule has 0 spiro atoms. The molecule has 0 aliphatic carbocycles. The van der Waals surface area contributed by atoms with Crippen LogP contribution in [0, 0.1) is 6.92 Å². The van der Waals surface area contributed by atoms with Gasteiger partial charge in [-0.15, -0.1) is 11.3 Å². The number of benzene rings is 1. The van der Waals surface area contributed by atoms with Crippen LogP contribution in [0.4, 0.5) is 0 Å². The Balaban J connectivity index is 2.14. The van der Waals surface area contributed by atoms with Crippen molar-refractivity contribution >= 4 is 32.9 Å². The van der Waals surface area contributed by atoms with E-state index in [1.165, 1.54) is 29.5 Å². The molecule has 0 bridgehead atoms. The minimum atomic E-state index is -3.42. The van der Waals surface area contributed by atoms with Crippen molar-refractivity contribution in [3.05, 3.63) is 51.7 Å². The first-order valence-electron chi connectivity index (χ1n) is 6.33. The predicted molar refractivity (Wildman–Crippen MR) is 83.2 cm³/mol. The van der Waals surface area contributed by atoms with E-state index < -0.39 is 15.8 Å². The highest BCUT2D eigenvalue weighted by atomic mass is 32.2. The molecule has 0 saturated heterocycles. The Hall–Kier alpha value is -1.99. The lowest BCUT2D eigenvalue weighted by Gasteiger charge is -2.08. The van der Waals surface area contributed by atoms with Crippen LogP contribution in [-0.4, -0.2) is 33.0 Å². The normalized spacial score (nSPS) is 11.2. The van der Waals surface area contributed by atoms with E-state index in [2.05, 4.69) is 0 Å². The van der Waals surface area contributed by atoms with Crippen molar-refractivity contribution in [3.63, 3.8) is 0 Å². The molecule has 0 amide bonds. The molecule has 22 heavy (non-hydrogen) atoms. The molecule has 0 radical (unpaired) electrons. The maximum atomic E-state index is 12.1. The monoisotopic (exact) mass is 338 g/mol. The molecule has 0 fully saturated rings. The number of sulfone groups is 1. The summed E-state index contributed by atoms with van der Waals surface area (Å²) in [5.74, 6) is -1.01. The summed E-state index contributed by atoms with van der Waals surface area (Å²) in [4.78, 5) is 24.4. The van der Waals surface area contributed by atoms with Gasteiger partial charge >= 0.3 is 5.97 Å². The molecular formula is C15H14O5S2. The largest absolute Gasteiger partial charge is 0.454 e. The highest BCUT2D eigenvalue weighted by Gasteiger charge is 2.17. The van der Waals surface area contributed by atoms with Crippen LogP contribution in [0.1, 0.15) is 25.6 Å². The minimum Gasteiger partial charge on any atom is -0.454 e. The summed E-state index contributed by atoms with van der Waals surface area (Å²) in [6, 6.07) is 7.62. The fourth-order valence-electron chi connectivity index (χ4n) is 1.77. The zero-order valence-electron chi connectivity index (χ0n) is 12.0. The van der Waals surface area contributed by atoms with Gasteiger partial charge in [0.05, 0.1) is 15.3 Å². The van der Waals surface area contributed by atoms with E-state index in [1.807, 2.05) is 0 Å². The molecule has 0 saturated carbocycles. The van der Waals surface area contributed by atoms with Crippen LogP contribution in [0.5, 0.6) is 0 Å². The summed E-state index contributed by atoms with van der Waals surface area (Å²) in [6.45, 7) is 1.30. The number of carbonyl (C=O) groups is 2. The van der Waals surface area contributed by atoms with Crippen molar-refractivity contribution in [1.82, 2.24) is 0 Å². The molecule has 2 rings (SSSR count). The number of thiophene rings is 1. The third kappa shape index (κ3) is 3.80. The van der Waals surface area contributed by atoms with Gasteiger partial charge in [-0.1, -0.05) is 12.1 Å². The van der Waals surface area contributed by atoms with Crippen LogP contribution in [-0.2, 0) is 14.6 Å². The number of rotatable bonds is 5. The van der Waals surface area contributed by atoms with Crippen molar-refractivity contribution in [2.45, 2.75) is 11.8 Å². The number of ketones is 1. The SMILES string of the molecule is Cc1ccc(S(C)(=O)=O)cc1C(=O)OCC(=O)c1cccs1. The van der Waals surface area contributed by atoms with Gasteiger partial charge in [0.1, 0.15) is 0 Å². The topological polar surface area (TPSA) is 77.5 Å². The standard InChI is InChI=1S/C15H14O5S2/c1-10-5-6-11(22(2,18)19)8-12(10)15(17)20-9-13(16)14-4-3-7-21-14/h3-8H,9H2,1-2H3. The molecule has 5 nitrogen and oxygen atoms in total. The van der Waals surface area contributed by atoms with Gasteiger partial charge in [-0.2, -0.15) is 0 Å². The van der Waals surface area contributed by atoms with Crippen LogP contribution in [0.25, 0.3) is 0 Å². The summed E-state index contributed by atoms with van der Waals surface area (Å²) in [7, 11) is -3.42. The number of carbonyl (C=O) groups excluding carboxylic acids is 2. The van der Waals surface area contributed by atoms with Gasteiger partial charge in [0, 0.05) is 6.26 Å². The number of esters is 1. The maximum absolute atomic E-state index is 12.1. The second-order valence-electron chi connectivity index (χ2n) is 4.73. The van der Waals surface area contributed by atoms with Gasteiger partial charge in [-0.25, -0.2) is 13.2 Å². The van der Waals surface area contributed by atoms with Crippen LogP contribution in [0.3, 0.4) is 0 Å². The number of hydrogen-bond donors (Lipinski definition) is 0. The highest BCUT2D eigenvalue weighted by molar-refractivity contribution is 7.90. The summed E-state index contributed by atoms with van der Waals surface area (Å²) >= 11 is 1.27. The van der Waals surface area contributed by atoms with E-state index in [4.69, 9.17) is 4.74 Å². The summed E-state index contributed by atoms with van der Waals surface area (Å²) < 4.78 is 28.1. The van der Waals surface area contributed by atoms with Gasteiger partial charge < -0.3 is 4.74 Å². The second kappa shape index (κ2) is 6.41. The minimum absolute atomic E-state index is 0.0367. The van der Waals surface area contributed by atoms with Gasteiger partial charge in [-0.3, -0.25) is 4.79 Å². The lowest BCUT2D eigenvalue weighted by Crippen LogP contribution is -2.15.